The molecule has 0 radical (unpaired) electrons. The summed E-state index contributed by atoms with van der Waals surface area (Å²) in [6.45, 7) is 1.62. The van der Waals surface area contributed by atoms with E-state index in [9.17, 15) is 29.4 Å². The van der Waals surface area contributed by atoms with Crippen molar-refractivity contribution in [1.29, 1.82) is 0 Å². The Kier molecular flexibility index (Phi) is 6.88. The zero-order chi connectivity index (χ0) is 24.5. The van der Waals surface area contributed by atoms with Crippen LogP contribution in [0.1, 0.15) is 67.6 Å². The molecule has 1 aromatic rings. The van der Waals surface area contributed by atoms with Crippen LogP contribution >= 0.6 is 0 Å². The number of rotatable bonds is 3. The molecule has 3 aliphatic rings. The monoisotopic (exact) mass is 473 g/mol. The van der Waals surface area contributed by atoms with E-state index in [1.807, 2.05) is 12.2 Å². The summed E-state index contributed by atoms with van der Waals surface area (Å²) in [4.78, 5) is 52.7. The third-order valence-electron chi connectivity index (χ3n) is 7.18. The number of amides is 2. The van der Waals surface area contributed by atoms with Gasteiger partial charge in [0.25, 0.3) is 5.91 Å². The number of aromatic nitrogens is 1. The molecular formula is C24H31N3O7. The van der Waals surface area contributed by atoms with E-state index >= 15 is 0 Å². The fourth-order valence-corrected chi connectivity index (χ4v) is 5.11. The number of carboxylic acid groups (broad SMARTS) is 1. The maximum Gasteiger partial charge on any atom is 0.310 e. The molecule has 2 aliphatic heterocycles. The highest BCUT2D eigenvalue weighted by Gasteiger charge is 2.61. The number of nitrogens with zero attached hydrogens (tertiary/aromatic N) is 2. The van der Waals surface area contributed by atoms with E-state index in [1.54, 1.807) is 6.92 Å². The summed E-state index contributed by atoms with van der Waals surface area (Å²) in [7, 11) is 0. The topological polar surface area (TPSA) is 150 Å². The largest absolute Gasteiger partial charge is 0.481 e. The lowest BCUT2D eigenvalue weighted by Crippen LogP contribution is -2.52. The number of hydrogen-bond acceptors (Lipinski definition) is 7. The van der Waals surface area contributed by atoms with E-state index in [4.69, 9.17) is 4.52 Å². The molecule has 0 spiro atoms. The summed E-state index contributed by atoms with van der Waals surface area (Å²) < 4.78 is 4.95. The number of carbonyl (C=O) groups excluding carboxylic acids is 3. The van der Waals surface area contributed by atoms with Crippen LogP contribution in [0.2, 0.25) is 0 Å². The van der Waals surface area contributed by atoms with E-state index in [0.29, 0.717) is 25.0 Å². The van der Waals surface area contributed by atoms with Crippen molar-refractivity contribution in [3.63, 3.8) is 0 Å². The average Bonchev–Trinajstić information content (AvgIpc) is 3.09. The first kappa shape index (κ1) is 24.1. The summed E-state index contributed by atoms with van der Waals surface area (Å²) in [6.07, 6.45) is 6.78. The zero-order valence-electron chi connectivity index (χ0n) is 19.2. The lowest BCUT2D eigenvalue weighted by molar-refractivity contribution is -0.147. The SMILES string of the molecule is Cc1cc(C(=O)N[C@H]2CCCCC/C=C\[C@@H]3C[C@@]3(C(=O)O)CC(=O)[C@@H]3C[C@@H](O)CN3C2=O)no1. The smallest absolute Gasteiger partial charge is 0.310 e. The van der Waals surface area contributed by atoms with Gasteiger partial charge in [0.1, 0.15) is 11.8 Å². The van der Waals surface area contributed by atoms with Gasteiger partial charge in [-0.3, -0.25) is 19.2 Å². The number of nitrogens with one attached hydrogen (secondary N) is 1. The summed E-state index contributed by atoms with van der Waals surface area (Å²) >= 11 is 0. The molecule has 1 saturated heterocycles. The molecule has 5 atom stereocenters. The van der Waals surface area contributed by atoms with Crippen molar-refractivity contribution in [2.75, 3.05) is 6.54 Å². The fourth-order valence-electron chi connectivity index (χ4n) is 5.11. The Bertz CT molecular complexity index is 1000. The Labute approximate surface area is 197 Å². The van der Waals surface area contributed by atoms with Gasteiger partial charge in [-0.2, -0.15) is 0 Å². The zero-order valence-corrected chi connectivity index (χ0v) is 19.2. The predicted octanol–water partition coefficient (Wildman–Crippen LogP) is 1.61. The molecule has 0 bridgehead atoms. The Morgan fingerprint density at radius 2 is 2.06 bits per heavy atom. The van der Waals surface area contributed by atoms with Gasteiger partial charge in [0.2, 0.25) is 5.91 Å². The first-order chi connectivity index (χ1) is 16.2. The molecule has 0 aromatic carbocycles. The van der Waals surface area contributed by atoms with E-state index in [1.165, 1.54) is 11.0 Å². The third kappa shape index (κ3) is 4.91. The minimum Gasteiger partial charge on any atom is -0.481 e. The number of ketones is 1. The minimum absolute atomic E-state index is 0.0336. The first-order valence-electron chi connectivity index (χ1n) is 11.9. The van der Waals surface area contributed by atoms with Gasteiger partial charge in [-0.25, -0.2) is 0 Å². The highest BCUT2D eigenvalue weighted by atomic mass is 16.5. The predicted molar refractivity (Wildman–Crippen MR) is 119 cm³/mol. The number of fused-ring (bicyclic) bond motifs is 2. The number of allylic oxidation sites excluding steroid dienone is 2. The van der Waals surface area contributed by atoms with Crippen LogP contribution in [0.15, 0.2) is 22.7 Å². The van der Waals surface area contributed by atoms with Crippen LogP contribution in [0.3, 0.4) is 0 Å². The number of Topliss-reactive ketones (excluding diaryl/α,β-unsaturated/α-hetero) is 1. The Morgan fingerprint density at radius 1 is 1.26 bits per heavy atom. The molecule has 10 heteroatoms. The first-order valence-corrected chi connectivity index (χ1v) is 11.9. The van der Waals surface area contributed by atoms with Crippen LogP contribution in [0.5, 0.6) is 0 Å². The summed E-state index contributed by atoms with van der Waals surface area (Å²) in [6, 6.07) is -0.335. The molecule has 3 heterocycles. The van der Waals surface area contributed by atoms with Crippen molar-refractivity contribution >= 4 is 23.6 Å². The van der Waals surface area contributed by atoms with Gasteiger partial charge < -0.3 is 25.0 Å². The van der Waals surface area contributed by atoms with Crippen LogP contribution in [0, 0.1) is 18.3 Å². The second kappa shape index (κ2) is 9.69. The number of hydrogen-bond donors (Lipinski definition) is 3. The molecule has 184 valence electrons. The van der Waals surface area contributed by atoms with Crippen molar-refractivity contribution in [3.05, 3.63) is 29.7 Å². The molecule has 1 aliphatic carbocycles. The van der Waals surface area contributed by atoms with Gasteiger partial charge in [0.05, 0.1) is 17.6 Å². The number of aliphatic hydroxyl groups is 1. The molecule has 3 N–H and O–H groups in total. The molecule has 4 rings (SSSR count). The average molecular weight is 474 g/mol. The van der Waals surface area contributed by atoms with Gasteiger partial charge in [0, 0.05) is 25.5 Å². The van der Waals surface area contributed by atoms with Crippen LogP contribution in [-0.4, -0.2) is 68.6 Å². The Morgan fingerprint density at radius 3 is 2.76 bits per heavy atom. The van der Waals surface area contributed by atoms with Crippen molar-refractivity contribution in [3.8, 4) is 0 Å². The molecule has 10 nitrogen and oxygen atoms in total. The molecule has 1 saturated carbocycles. The molecular weight excluding hydrogens is 442 g/mol. The number of carboxylic acids is 1. The van der Waals surface area contributed by atoms with Gasteiger partial charge >= 0.3 is 5.97 Å². The van der Waals surface area contributed by atoms with Crippen molar-refractivity contribution in [2.24, 2.45) is 11.3 Å². The van der Waals surface area contributed by atoms with Crippen molar-refractivity contribution in [2.45, 2.75) is 76.5 Å². The fraction of sp³-hybridized carbons (Fsp3) is 0.625. The van der Waals surface area contributed by atoms with Crippen molar-refractivity contribution in [1.82, 2.24) is 15.4 Å². The molecule has 0 unspecified atom stereocenters. The number of aliphatic hydroxyl groups excluding tert-OH is 1. The highest BCUT2D eigenvalue weighted by Crippen LogP contribution is 2.57. The summed E-state index contributed by atoms with van der Waals surface area (Å²) in [5.74, 6) is -2.12. The van der Waals surface area contributed by atoms with Crippen LogP contribution in [0.25, 0.3) is 0 Å². The van der Waals surface area contributed by atoms with E-state index in [2.05, 4.69) is 10.5 Å². The standard InChI is InChI=1S/C24H31N3O7/c1-14-9-18(26-34-14)21(30)25-17-8-6-4-2-3-5-7-15-11-24(15,23(32)33)12-20(29)19-10-16(28)13-27(19)22(17)31/h5,7,9,15-17,19,28H,2-4,6,8,10-13H2,1H3,(H,25,30)(H,32,33)/b7-5-/t15-,16-,17+,19+,24-/m1/s1. The quantitative estimate of drug-likeness (QED) is 0.561. The number of carbonyl (C=O) groups is 4. The van der Waals surface area contributed by atoms with Crippen LogP contribution in [-0.2, 0) is 14.4 Å². The van der Waals surface area contributed by atoms with Crippen LogP contribution < -0.4 is 5.32 Å². The summed E-state index contributed by atoms with van der Waals surface area (Å²) in [5, 5.41) is 26.5. The number of aryl methyl sites for hydroxylation is 1. The molecule has 2 fully saturated rings. The second-order valence-electron chi connectivity index (χ2n) is 9.73. The van der Waals surface area contributed by atoms with E-state index in [-0.39, 0.29) is 36.8 Å². The van der Waals surface area contributed by atoms with E-state index < -0.39 is 41.4 Å². The van der Waals surface area contributed by atoms with Crippen LogP contribution in [0.4, 0.5) is 0 Å². The molecule has 2 amide bonds. The lowest BCUT2D eigenvalue weighted by Gasteiger charge is -2.29. The normalized spacial score (nSPS) is 33.3. The summed E-state index contributed by atoms with van der Waals surface area (Å²) in [5.41, 5.74) is -1.09. The maximum absolute atomic E-state index is 13.5. The van der Waals surface area contributed by atoms with Gasteiger partial charge in [0.15, 0.2) is 11.5 Å². The van der Waals surface area contributed by atoms with Gasteiger partial charge in [-0.05, 0) is 38.5 Å². The van der Waals surface area contributed by atoms with Crippen molar-refractivity contribution < 1.29 is 33.9 Å². The highest BCUT2D eigenvalue weighted by molar-refractivity contribution is 5.98. The Balaban J connectivity index is 1.57. The third-order valence-corrected chi connectivity index (χ3v) is 7.18. The van der Waals surface area contributed by atoms with Gasteiger partial charge in [-0.1, -0.05) is 30.2 Å². The molecule has 34 heavy (non-hydrogen) atoms. The second-order valence-corrected chi connectivity index (χ2v) is 9.73. The van der Waals surface area contributed by atoms with E-state index in [0.717, 1.165) is 19.3 Å². The molecule has 1 aromatic heterocycles. The number of aliphatic carboxylic acids is 1. The van der Waals surface area contributed by atoms with Gasteiger partial charge in [-0.15, -0.1) is 0 Å². The lowest BCUT2D eigenvalue weighted by atomic mass is 9.92. The minimum atomic E-state index is -1.14. The maximum atomic E-state index is 13.5. The Hall–Kier alpha value is -3.01.